The van der Waals surface area contributed by atoms with Crippen LogP contribution in [0.1, 0.15) is 59.6 Å². The molecular weight excluding hydrogens is 409 g/mol. The van der Waals surface area contributed by atoms with E-state index in [4.69, 9.17) is 4.42 Å². The Morgan fingerprint density at radius 1 is 0.938 bits per heavy atom. The summed E-state index contributed by atoms with van der Waals surface area (Å²) in [6, 6.07) is 13.0. The van der Waals surface area contributed by atoms with E-state index in [-0.39, 0.29) is 17.6 Å². The number of furan rings is 1. The van der Waals surface area contributed by atoms with Crippen molar-refractivity contribution in [3.8, 4) is 0 Å². The highest BCUT2D eigenvalue weighted by molar-refractivity contribution is 5.94. The molecule has 0 fully saturated rings. The highest BCUT2D eigenvalue weighted by atomic mass is 19.1. The molecule has 0 unspecified atom stereocenters. The van der Waals surface area contributed by atoms with E-state index in [2.05, 4.69) is 0 Å². The number of halogens is 1. The molecule has 3 aromatic rings. The van der Waals surface area contributed by atoms with E-state index < -0.39 is 0 Å². The maximum Gasteiger partial charge on any atom is 0.289 e. The number of nitrogens with zero attached hydrogens (tertiary/aromatic N) is 3. The Labute approximate surface area is 188 Å². The number of amides is 2. The molecule has 7 heteroatoms. The first-order valence-electron chi connectivity index (χ1n) is 11.0. The minimum Gasteiger partial charge on any atom is -0.454 e. The first-order chi connectivity index (χ1) is 15.5. The normalized spacial score (nSPS) is 10.9. The average Bonchev–Trinajstić information content (AvgIpc) is 3.44. The van der Waals surface area contributed by atoms with Crippen LogP contribution in [0, 0.1) is 5.82 Å². The summed E-state index contributed by atoms with van der Waals surface area (Å²) in [5.74, 6) is 0.383. The van der Waals surface area contributed by atoms with Crippen molar-refractivity contribution in [3.05, 3.63) is 83.3 Å². The van der Waals surface area contributed by atoms with Gasteiger partial charge in [0.05, 0.1) is 13.1 Å². The number of carbonyl (C=O) groups excluding carboxylic acids is 2. The minimum absolute atomic E-state index is 0.118. The monoisotopic (exact) mass is 439 g/mol. The van der Waals surface area contributed by atoms with Crippen molar-refractivity contribution >= 4 is 11.8 Å². The van der Waals surface area contributed by atoms with Gasteiger partial charge in [-0.25, -0.2) is 4.39 Å². The van der Waals surface area contributed by atoms with Crippen molar-refractivity contribution < 1.29 is 18.4 Å². The lowest BCUT2D eigenvalue weighted by Crippen LogP contribution is -2.32. The molecule has 0 N–H and O–H groups in total. The standard InChI is InChI=1S/C25H30FN3O3/c1-4-15-29(24(30)19-9-11-20(26)12-10-19)17-21-8-7-16-28(21)18-22-13-14-23(32-22)25(31)27(5-2)6-3/h7-14,16H,4-6,15,17-18H2,1-3H3. The third kappa shape index (κ3) is 5.46. The van der Waals surface area contributed by atoms with E-state index in [9.17, 15) is 14.0 Å². The number of hydrogen-bond donors (Lipinski definition) is 0. The summed E-state index contributed by atoms with van der Waals surface area (Å²) >= 11 is 0. The Morgan fingerprint density at radius 2 is 1.66 bits per heavy atom. The fourth-order valence-electron chi connectivity index (χ4n) is 3.65. The molecule has 0 saturated carbocycles. The molecule has 170 valence electrons. The van der Waals surface area contributed by atoms with Gasteiger partial charge in [0, 0.05) is 37.1 Å². The van der Waals surface area contributed by atoms with Gasteiger partial charge in [-0.1, -0.05) is 6.92 Å². The largest absolute Gasteiger partial charge is 0.454 e. The quantitative estimate of drug-likeness (QED) is 0.456. The molecule has 0 aliphatic carbocycles. The molecule has 2 amide bonds. The fraction of sp³-hybridized carbons (Fsp3) is 0.360. The summed E-state index contributed by atoms with van der Waals surface area (Å²) in [4.78, 5) is 28.9. The van der Waals surface area contributed by atoms with Gasteiger partial charge in [-0.2, -0.15) is 0 Å². The Hall–Kier alpha value is -3.35. The van der Waals surface area contributed by atoms with Crippen LogP contribution in [-0.2, 0) is 13.1 Å². The predicted octanol–water partition coefficient (Wildman–Crippen LogP) is 4.80. The molecule has 3 rings (SSSR count). The van der Waals surface area contributed by atoms with Gasteiger partial charge in [0.15, 0.2) is 5.76 Å². The van der Waals surface area contributed by atoms with E-state index in [1.165, 1.54) is 24.3 Å². The van der Waals surface area contributed by atoms with E-state index in [1.54, 1.807) is 15.9 Å². The molecule has 0 saturated heterocycles. The smallest absolute Gasteiger partial charge is 0.289 e. The van der Waals surface area contributed by atoms with E-state index >= 15 is 0 Å². The van der Waals surface area contributed by atoms with Crippen LogP contribution in [0.2, 0.25) is 0 Å². The van der Waals surface area contributed by atoms with Crippen LogP contribution in [0.3, 0.4) is 0 Å². The van der Waals surface area contributed by atoms with Crippen molar-refractivity contribution in [2.75, 3.05) is 19.6 Å². The average molecular weight is 440 g/mol. The Bertz CT molecular complexity index is 1030. The molecule has 0 radical (unpaired) electrons. The lowest BCUT2D eigenvalue weighted by Gasteiger charge is -2.23. The summed E-state index contributed by atoms with van der Waals surface area (Å²) in [5.41, 5.74) is 1.41. The van der Waals surface area contributed by atoms with Crippen molar-refractivity contribution in [3.63, 3.8) is 0 Å². The maximum absolute atomic E-state index is 13.2. The van der Waals surface area contributed by atoms with E-state index in [0.29, 0.717) is 49.8 Å². The van der Waals surface area contributed by atoms with Crippen LogP contribution >= 0.6 is 0 Å². The van der Waals surface area contributed by atoms with Crippen LogP contribution in [0.25, 0.3) is 0 Å². The fourth-order valence-corrected chi connectivity index (χ4v) is 3.65. The minimum atomic E-state index is -0.366. The number of benzene rings is 1. The number of hydrogen-bond acceptors (Lipinski definition) is 3. The SMILES string of the molecule is CCCN(Cc1cccn1Cc1ccc(C(=O)N(CC)CC)o1)C(=O)c1ccc(F)cc1. The Kier molecular flexibility index (Phi) is 7.87. The third-order valence-corrected chi connectivity index (χ3v) is 5.40. The molecule has 2 heterocycles. The van der Waals surface area contributed by atoms with Crippen LogP contribution in [0.15, 0.2) is 59.1 Å². The van der Waals surface area contributed by atoms with Gasteiger partial charge in [0.2, 0.25) is 0 Å². The van der Waals surface area contributed by atoms with Crippen LogP contribution in [-0.4, -0.2) is 45.8 Å². The molecule has 0 aliphatic heterocycles. The summed E-state index contributed by atoms with van der Waals surface area (Å²) in [5, 5.41) is 0. The first kappa shape index (κ1) is 23.3. The number of rotatable bonds is 10. The van der Waals surface area contributed by atoms with Gasteiger partial charge in [-0.05, 0) is 68.8 Å². The zero-order chi connectivity index (χ0) is 23.1. The van der Waals surface area contributed by atoms with E-state index in [0.717, 1.165) is 12.1 Å². The highest BCUT2D eigenvalue weighted by Gasteiger charge is 2.19. The summed E-state index contributed by atoms with van der Waals surface area (Å²) < 4.78 is 21.1. The van der Waals surface area contributed by atoms with Gasteiger partial charge in [0.25, 0.3) is 11.8 Å². The topological polar surface area (TPSA) is 58.7 Å². The van der Waals surface area contributed by atoms with Gasteiger partial charge in [0.1, 0.15) is 11.6 Å². The van der Waals surface area contributed by atoms with Gasteiger partial charge in [-0.3, -0.25) is 9.59 Å². The van der Waals surface area contributed by atoms with Crippen LogP contribution < -0.4 is 0 Å². The van der Waals surface area contributed by atoms with Crippen molar-refractivity contribution in [1.29, 1.82) is 0 Å². The van der Waals surface area contributed by atoms with E-state index in [1.807, 2.05) is 49.7 Å². The number of carbonyl (C=O) groups is 2. The summed E-state index contributed by atoms with van der Waals surface area (Å²) in [7, 11) is 0. The lowest BCUT2D eigenvalue weighted by molar-refractivity contribution is 0.0730. The van der Waals surface area contributed by atoms with Crippen molar-refractivity contribution in [2.45, 2.75) is 40.3 Å². The maximum atomic E-state index is 13.2. The molecule has 0 aliphatic rings. The van der Waals surface area contributed by atoms with Crippen molar-refractivity contribution in [1.82, 2.24) is 14.4 Å². The second-order valence-corrected chi connectivity index (χ2v) is 7.60. The molecule has 0 spiro atoms. The number of aromatic nitrogens is 1. The Balaban J connectivity index is 1.73. The summed E-state index contributed by atoms with van der Waals surface area (Å²) in [6.45, 7) is 8.61. The summed E-state index contributed by atoms with van der Waals surface area (Å²) in [6.07, 6.45) is 2.74. The van der Waals surface area contributed by atoms with Gasteiger partial charge < -0.3 is 18.8 Å². The second kappa shape index (κ2) is 10.8. The van der Waals surface area contributed by atoms with Gasteiger partial charge in [-0.15, -0.1) is 0 Å². The Morgan fingerprint density at radius 3 is 2.31 bits per heavy atom. The third-order valence-electron chi connectivity index (χ3n) is 5.40. The molecule has 1 aromatic carbocycles. The second-order valence-electron chi connectivity index (χ2n) is 7.60. The molecule has 2 aromatic heterocycles. The first-order valence-corrected chi connectivity index (χ1v) is 11.0. The van der Waals surface area contributed by atoms with Crippen LogP contribution in [0.4, 0.5) is 4.39 Å². The van der Waals surface area contributed by atoms with Crippen LogP contribution in [0.5, 0.6) is 0 Å². The highest BCUT2D eigenvalue weighted by Crippen LogP contribution is 2.17. The van der Waals surface area contributed by atoms with Gasteiger partial charge >= 0.3 is 0 Å². The molecule has 0 bridgehead atoms. The lowest BCUT2D eigenvalue weighted by atomic mass is 10.2. The molecular formula is C25H30FN3O3. The predicted molar refractivity (Wildman–Crippen MR) is 121 cm³/mol. The molecule has 32 heavy (non-hydrogen) atoms. The zero-order valence-corrected chi connectivity index (χ0v) is 18.9. The van der Waals surface area contributed by atoms with Crippen molar-refractivity contribution in [2.24, 2.45) is 0 Å². The molecule has 6 nitrogen and oxygen atoms in total. The molecule has 0 atom stereocenters. The zero-order valence-electron chi connectivity index (χ0n) is 18.9.